The Bertz CT molecular complexity index is 561. The molecule has 112 valence electrons. The smallest absolute Gasteiger partial charge is 0.245 e. The van der Waals surface area contributed by atoms with Gasteiger partial charge in [-0.25, -0.2) is 0 Å². The molecule has 21 heavy (non-hydrogen) atoms. The van der Waals surface area contributed by atoms with E-state index in [1.54, 1.807) is 0 Å². The number of likely N-dealkylation sites (tertiary alicyclic amines) is 2. The molecular weight excluding hydrogens is 264 g/mol. The lowest BCUT2D eigenvalue weighted by atomic mass is 9.73. The molecule has 4 atom stereocenters. The van der Waals surface area contributed by atoms with Crippen LogP contribution in [0, 0.1) is 11.8 Å². The third-order valence-electron chi connectivity index (χ3n) is 5.79. The standard InChI is InChI=1S/C17H22N2O2/c1-17-14-8-15(21-11-13(14)10-18(17)2)19(16(17)20)9-12-6-4-3-5-7-12/h3-7,13-15H,8-11H2,1-2H3/t13-,14+,15+,17-/m0/s1. The van der Waals surface area contributed by atoms with Gasteiger partial charge in [0.1, 0.15) is 11.8 Å². The number of fused-ring (bicyclic) bond motifs is 1. The number of carbonyl (C=O) groups excluding carboxylic acids is 1. The fourth-order valence-electron chi connectivity index (χ4n) is 4.44. The quantitative estimate of drug-likeness (QED) is 0.830. The molecule has 4 nitrogen and oxygen atoms in total. The first-order valence-electron chi connectivity index (χ1n) is 7.78. The van der Waals surface area contributed by atoms with Crippen molar-refractivity contribution in [3.05, 3.63) is 35.9 Å². The van der Waals surface area contributed by atoms with E-state index in [-0.39, 0.29) is 17.7 Å². The molecule has 0 unspecified atom stereocenters. The van der Waals surface area contributed by atoms with Crippen LogP contribution in [0.15, 0.2) is 30.3 Å². The van der Waals surface area contributed by atoms with Gasteiger partial charge < -0.3 is 9.64 Å². The van der Waals surface area contributed by atoms with Crippen molar-refractivity contribution in [1.29, 1.82) is 0 Å². The summed E-state index contributed by atoms with van der Waals surface area (Å²) >= 11 is 0. The Morgan fingerprint density at radius 1 is 1.33 bits per heavy atom. The van der Waals surface area contributed by atoms with Crippen LogP contribution in [-0.4, -0.2) is 47.7 Å². The molecule has 0 spiro atoms. The summed E-state index contributed by atoms with van der Waals surface area (Å²) in [6.45, 7) is 4.53. The Balaban J connectivity index is 1.67. The lowest BCUT2D eigenvalue weighted by Crippen LogP contribution is -2.65. The highest BCUT2D eigenvalue weighted by atomic mass is 16.5. The highest BCUT2D eigenvalue weighted by Gasteiger charge is 2.61. The largest absolute Gasteiger partial charge is 0.358 e. The Morgan fingerprint density at radius 2 is 2.10 bits per heavy atom. The molecule has 0 radical (unpaired) electrons. The van der Waals surface area contributed by atoms with E-state index in [1.807, 2.05) is 23.1 Å². The SMILES string of the molecule is CN1C[C@H]2CO[C@@H]3C[C@H]2[C@@]1(C)C(=O)N3Cc1ccccc1. The summed E-state index contributed by atoms with van der Waals surface area (Å²) in [6, 6.07) is 10.2. The number of rotatable bonds is 2. The van der Waals surface area contributed by atoms with Gasteiger partial charge in [0.2, 0.25) is 5.91 Å². The molecule has 4 rings (SSSR count). The van der Waals surface area contributed by atoms with Crippen molar-refractivity contribution in [2.75, 3.05) is 20.2 Å². The van der Waals surface area contributed by atoms with Crippen LogP contribution < -0.4 is 0 Å². The summed E-state index contributed by atoms with van der Waals surface area (Å²) in [4.78, 5) is 17.3. The fourth-order valence-corrected chi connectivity index (χ4v) is 4.44. The van der Waals surface area contributed by atoms with Crippen LogP contribution in [0.3, 0.4) is 0 Å². The summed E-state index contributed by atoms with van der Waals surface area (Å²) in [7, 11) is 2.08. The lowest BCUT2D eigenvalue weighted by molar-refractivity contribution is -0.189. The van der Waals surface area contributed by atoms with Crippen molar-refractivity contribution in [2.45, 2.75) is 31.7 Å². The second kappa shape index (κ2) is 4.55. The third kappa shape index (κ3) is 1.79. The monoisotopic (exact) mass is 286 g/mol. The Morgan fingerprint density at radius 3 is 2.86 bits per heavy atom. The first-order valence-corrected chi connectivity index (χ1v) is 7.78. The predicted molar refractivity (Wildman–Crippen MR) is 79.4 cm³/mol. The van der Waals surface area contributed by atoms with Gasteiger partial charge in [0.15, 0.2) is 0 Å². The number of piperidine rings is 1. The van der Waals surface area contributed by atoms with Crippen molar-refractivity contribution in [1.82, 2.24) is 9.80 Å². The van der Waals surface area contributed by atoms with Gasteiger partial charge in [-0.15, -0.1) is 0 Å². The highest BCUT2D eigenvalue weighted by Crippen LogP contribution is 2.49. The van der Waals surface area contributed by atoms with Crippen molar-refractivity contribution < 1.29 is 9.53 Å². The topological polar surface area (TPSA) is 32.8 Å². The van der Waals surface area contributed by atoms with Gasteiger partial charge in [0.05, 0.1) is 6.61 Å². The summed E-state index contributed by atoms with van der Waals surface area (Å²) in [5.41, 5.74) is 0.819. The number of ether oxygens (including phenoxy) is 1. The molecule has 3 heterocycles. The van der Waals surface area contributed by atoms with E-state index in [2.05, 4.69) is 31.0 Å². The van der Waals surface area contributed by atoms with Crippen LogP contribution in [0.2, 0.25) is 0 Å². The molecule has 0 aromatic heterocycles. The zero-order valence-electron chi connectivity index (χ0n) is 12.7. The zero-order valence-corrected chi connectivity index (χ0v) is 12.7. The van der Waals surface area contributed by atoms with Gasteiger partial charge in [0, 0.05) is 19.0 Å². The maximum Gasteiger partial charge on any atom is 0.245 e. The average Bonchev–Trinajstić information content (AvgIpc) is 2.78. The van der Waals surface area contributed by atoms with Crippen LogP contribution >= 0.6 is 0 Å². The van der Waals surface area contributed by atoms with Gasteiger partial charge in [-0.2, -0.15) is 0 Å². The molecule has 1 aromatic rings. The zero-order chi connectivity index (χ0) is 14.6. The molecule has 0 N–H and O–H groups in total. The molecule has 1 aromatic carbocycles. The van der Waals surface area contributed by atoms with Crippen LogP contribution in [0.4, 0.5) is 0 Å². The highest BCUT2D eigenvalue weighted by molar-refractivity contribution is 5.88. The van der Waals surface area contributed by atoms with Crippen molar-refractivity contribution in [2.24, 2.45) is 11.8 Å². The molecule has 0 aliphatic carbocycles. The minimum atomic E-state index is -0.347. The van der Waals surface area contributed by atoms with Crippen molar-refractivity contribution >= 4 is 5.91 Å². The summed E-state index contributed by atoms with van der Waals surface area (Å²) in [6.07, 6.45) is 0.933. The average molecular weight is 286 g/mol. The second-order valence-electron chi connectivity index (χ2n) is 6.84. The summed E-state index contributed by atoms with van der Waals surface area (Å²) in [5, 5.41) is 0. The number of carbonyl (C=O) groups is 1. The first-order chi connectivity index (χ1) is 10.1. The molecule has 1 amide bonds. The fraction of sp³-hybridized carbons (Fsp3) is 0.588. The van der Waals surface area contributed by atoms with Crippen LogP contribution in [0.5, 0.6) is 0 Å². The van der Waals surface area contributed by atoms with E-state index >= 15 is 0 Å². The summed E-state index contributed by atoms with van der Waals surface area (Å²) in [5.74, 6) is 1.19. The van der Waals surface area contributed by atoms with Gasteiger partial charge >= 0.3 is 0 Å². The first kappa shape index (κ1) is 13.3. The Labute approximate surface area is 125 Å². The second-order valence-corrected chi connectivity index (χ2v) is 6.84. The molecule has 3 aliphatic heterocycles. The maximum absolute atomic E-state index is 13.1. The number of hydrogen-bond donors (Lipinski definition) is 0. The van der Waals surface area contributed by atoms with Gasteiger partial charge in [-0.05, 0) is 31.9 Å². The molecule has 3 fully saturated rings. The Hall–Kier alpha value is -1.39. The Kier molecular flexibility index (Phi) is 2.88. The minimum absolute atomic E-state index is 0.0430. The van der Waals surface area contributed by atoms with Crippen LogP contribution in [0.1, 0.15) is 18.9 Å². The number of likely N-dealkylation sites (N-methyl/N-ethyl adjacent to an activating group) is 1. The van der Waals surface area contributed by atoms with Crippen LogP contribution in [-0.2, 0) is 16.1 Å². The number of nitrogens with zero attached hydrogens (tertiary/aromatic N) is 2. The third-order valence-corrected chi connectivity index (χ3v) is 5.79. The lowest BCUT2D eigenvalue weighted by Gasteiger charge is -2.51. The molecule has 0 saturated carbocycles. The van der Waals surface area contributed by atoms with Crippen molar-refractivity contribution in [3.8, 4) is 0 Å². The number of benzene rings is 1. The van der Waals surface area contributed by atoms with E-state index in [9.17, 15) is 4.79 Å². The molecule has 3 aliphatic rings. The van der Waals surface area contributed by atoms with E-state index in [0.717, 1.165) is 19.6 Å². The number of amides is 1. The number of hydrogen-bond acceptors (Lipinski definition) is 3. The van der Waals surface area contributed by atoms with E-state index in [1.165, 1.54) is 5.56 Å². The molecular formula is C17H22N2O2. The molecule has 3 saturated heterocycles. The van der Waals surface area contributed by atoms with Crippen molar-refractivity contribution in [3.63, 3.8) is 0 Å². The molecule has 4 heteroatoms. The van der Waals surface area contributed by atoms with E-state index < -0.39 is 0 Å². The maximum atomic E-state index is 13.1. The summed E-state index contributed by atoms with van der Waals surface area (Å²) < 4.78 is 6.01. The normalized spacial score (nSPS) is 38.9. The van der Waals surface area contributed by atoms with Crippen LogP contribution in [0.25, 0.3) is 0 Å². The van der Waals surface area contributed by atoms with Gasteiger partial charge in [-0.3, -0.25) is 9.69 Å². The van der Waals surface area contributed by atoms with E-state index in [0.29, 0.717) is 18.4 Å². The molecule has 2 bridgehead atoms. The van der Waals surface area contributed by atoms with Gasteiger partial charge in [0.25, 0.3) is 0 Å². The minimum Gasteiger partial charge on any atom is -0.358 e. The predicted octanol–water partition coefficient (Wildman–Crippen LogP) is 1.71. The van der Waals surface area contributed by atoms with E-state index in [4.69, 9.17) is 4.74 Å². The van der Waals surface area contributed by atoms with Gasteiger partial charge in [-0.1, -0.05) is 30.3 Å².